The van der Waals surface area contributed by atoms with Crippen LogP contribution in [0, 0.1) is 0 Å². The number of fused-ring (bicyclic) bond motifs is 4. The largest absolute Gasteiger partial charge is 0.493 e. The summed E-state index contributed by atoms with van der Waals surface area (Å²) in [5.41, 5.74) is 5.56. The molecule has 0 saturated carbocycles. The average molecular weight is 509 g/mol. The monoisotopic (exact) mass is 509 g/mol. The molecule has 2 aromatic rings. The smallest absolute Gasteiger partial charge is 0.405 e. The van der Waals surface area contributed by atoms with Gasteiger partial charge in [0.2, 0.25) is 0 Å². The first-order valence-electron chi connectivity index (χ1n) is 11.3. The second-order valence-electron chi connectivity index (χ2n) is 8.39. The molecule has 1 saturated heterocycles. The lowest BCUT2D eigenvalue weighted by Crippen LogP contribution is -2.49. The van der Waals surface area contributed by atoms with Gasteiger partial charge in [-0.2, -0.15) is 13.2 Å². The number of halogens is 3. The van der Waals surface area contributed by atoms with Crippen LogP contribution in [0.5, 0.6) is 5.75 Å². The van der Waals surface area contributed by atoms with Crippen molar-refractivity contribution in [3.05, 3.63) is 36.2 Å². The lowest BCUT2D eigenvalue weighted by atomic mass is 10.1. The quantitative estimate of drug-likeness (QED) is 0.392. The fourth-order valence-corrected chi connectivity index (χ4v) is 4.00. The summed E-state index contributed by atoms with van der Waals surface area (Å²) in [4.78, 5) is 37.7. The number of rotatable bonds is 8. The number of aliphatic hydroxyl groups excluding tert-OH is 1. The maximum absolute atomic E-state index is 13.3. The molecule has 194 valence electrons. The number of aliphatic hydroxyl groups is 1. The van der Waals surface area contributed by atoms with Crippen molar-refractivity contribution in [2.24, 2.45) is 5.73 Å². The second kappa shape index (κ2) is 10.5. The van der Waals surface area contributed by atoms with Crippen LogP contribution in [-0.2, 0) is 0 Å². The number of amides is 3. The number of carbonyl (C=O) groups excluding carboxylic acids is 2. The molecule has 1 fully saturated rings. The average Bonchev–Trinajstić information content (AvgIpc) is 3.26. The number of alkyl halides is 3. The summed E-state index contributed by atoms with van der Waals surface area (Å²) in [6, 6.07) is 3.24. The van der Waals surface area contributed by atoms with E-state index in [-0.39, 0.29) is 30.0 Å². The van der Waals surface area contributed by atoms with Gasteiger partial charge in [-0.3, -0.25) is 15.0 Å². The number of anilines is 3. The second-order valence-corrected chi connectivity index (χ2v) is 8.39. The SMILES string of the molecule is NC(CNC(=O)c1ccc2c(n1)N(C(=O)Nc1cc(OCCCO)ccn1)C1CCN2C1)C(F)(F)F. The van der Waals surface area contributed by atoms with Crippen molar-refractivity contribution >= 4 is 29.3 Å². The molecule has 5 N–H and O–H groups in total. The third-order valence-electron chi connectivity index (χ3n) is 5.84. The Morgan fingerprint density at radius 3 is 2.86 bits per heavy atom. The van der Waals surface area contributed by atoms with E-state index >= 15 is 0 Å². The van der Waals surface area contributed by atoms with Gasteiger partial charge in [-0.05, 0) is 24.6 Å². The molecule has 0 radical (unpaired) electrons. The number of aromatic nitrogens is 2. The molecule has 4 rings (SSSR count). The molecule has 0 spiro atoms. The Hall–Kier alpha value is -3.65. The third kappa shape index (κ3) is 5.60. The molecule has 0 aromatic carbocycles. The summed E-state index contributed by atoms with van der Waals surface area (Å²) in [6.07, 6.45) is -2.05. The summed E-state index contributed by atoms with van der Waals surface area (Å²) in [7, 11) is 0. The normalized spacial score (nSPS) is 17.4. The van der Waals surface area contributed by atoms with Crippen LogP contribution < -0.4 is 30.9 Å². The Kier molecular flexibility index (Phi) is 7.45. The number of hydrogen-bond donors (Lipinski definition) is 4. The highest BCUT2D eigenvalue weighted by atomic mass is 19.4. The van der Waals surface area contributed by atoms with Crippen LogP contribution in [0.3, 0.4) is 0 Å². The van der Waals surface area contributed by atoms with Gasteiger partial charge in [-0.15, -0.1) is 0 Å². The molecule has 11 nitrogen and oxygen atoms in total. The first-order valence-corrected chi connectivity index (χ1v) is 11.3. The highest BCUT2D eigenvalue weighted by Gasteiger charge is 2.41. The molecule has 3 amide bonds. The number of nitrogens with zero attached hydrogens (tertiary/aromatic N) is 4. The van der Waals surface area contributed by atoms with Gasteiger partial charge < -0.3 is 25.8 Å². The van der Waals surface area contributed by atoms with Crippen LogP contribution in [0.2, 0.25) is 0 Å². The van der Waals surface area contributed by atoms with E-state index in [4.69, 9.17) is 15.6 Å². The summed E-state index contributed by atoms with van der Waals surface area (Å²) < 4.78 is 43.5. The molecule has 0 aliphatic carbocycles. The van der Waals surface area contributed by atoms with Crippen molar-refractivity contribution in [1.82, 2.24) is 15.3 Å². The molecule has 2 unspecified atom stereocenters. The predicted octanol–water partition coefficient (Wildman–Crippen LogP) is 1.49. The van der Waals surface area contributed by atoms with E-state index in [2.05, 4.69) is 20.6 Å². The summed E-state index contributed by atoms with van der Waals surface area (Å²) in [6.45, 7) is 0.743. The summed E-state index contributed by atoms with van der Waals surface area (Å²) in [5.74, 6) is 0.0945. The lowest BCUT2D eigenvalue weighted by Gasteiger charge is -2.35. The minimum Gasteiger partial charge on any atom is -0.493 e. The van der Waals surface area contributed by atoms with Crippen LogP contribution in [0.1, 0.15) is 23.3 Å². The maximum Gasteiger partial charge on any atom is 0.405 e. The van der Waals surface area contributed by atoms with Gasteiger partial charge >= 0.3 is 12.2 Å². The zero-order chi connectivity index (χ0) is 25.9. The predicted molar refractivity (Wildman–Crippen MR) is 124 cm³/mol. The molecule has 2 aromatic heterocycles. The molecule has 36 heavy (non-hydrogen) atoms. The molecular formula is C22H26F3N7O4. The van der Waals surface area contributed by atoms with E-state index < -0.39 is 30.7 Å². The van der Waals surface area contributed by atoms with Gasteiger partial charge in [0.05, 0.1) is 18.3 Å². The third-order valence-corrected chi connectivity index (χ3v) is 5.84. The molecule has 2 aliphatic heterocycles. The Morgan fingerprint density at radius 1 is 1.31 bits per heavy atom. The Bertz CT molecular complexity index is 1120. The Balaban J connectivity index is 1.52. The number of hydrogen-bond acceptors (Lipinski definition) is 8. The van der Waals surface area contributed by atoms with Crippen LogP contribution in [0.25, 0.3) is 0 Å². The van der Waals surface area contributed by atoms with Gasteiger partial charge in [0.15, 0.2) is 5.82 Å². The fraction of sp³-hybridized carbons (Fsp3) is 0.455. The fourth-order valence-electron chi connectivity index (χ4n) is 4.00. The number of pyridine rings is 2. The first-order chi connectivity index (χ1) is 17.2. The molecule has 2 atom stereocenters. The van der Waals surface area contributed by atoms with Crippen molar-refractivity contribution in [2.45, 2.75) is 31.1 Å². The number of nitrogens with one attached hydrogen (secondary N) is 2. The van der Waals surface area contributed by atoms with Gasteiger partial charge in [0.1, 0.15) is 23.3 Å². The Labute approximate surface area is 204 Å². The van der Waals surface area contributed by atoms with Crippen molar-refractivity contribution in [3.8, 4) is 5.75 Å². The van der Waals surface area contributed by atoms with E-state index in [1.54, 1.807) is 18.2 Å². The van der Waals surface area contributed by atoms with Crippen molar-refractivity contribution < 1.29 is 32.6 Å². The number of nitrogens with two attached hydrogens (primary N) is 1. The van der Waals surface area contributed by atoms with Crippen LogP contribution in [0.15, 0.2) is 30.5 Å². The van der Waals surface area contributed by atoms with Crippen molar-refractivity contribution in [3.63, 3.8) is 0 Å². The standard InChI is InChI=1S/C22H26F3N7O4/c23-22(24,25)17(26)11-28-20(34)15-2-3-16-19(29-15)32(13-5-7-31(16)12-13)21(35)30-18-10-14(4-6-27-18)36-9-1-8-33/h2-4,6,10,13,17,33H,1,5,7-9,11-12,26H2,(H,28,34)(H,27,30,35). The van der Waals surface area contributed by atoms with E-state index in [1.165, 1.54) is 17.2 Å². The molecule has 2 aliphatic rings. The highest BCUT2D eigenvalue weighted by molar-refractivity contribution is 6.05. The highest BCUT2D eigenvalue weighted by Crippen LogP contribution is 2.39. The van der Waals surface area contributed by atoms with Gasteiger partial charge in [0, 0.05) is 44.9 Å². The van der Waals surface area contributed by atoms with Crippen LogP contribution in [0.4, 0.5) is 35.3 Å². The van der Waals surface area contributed by atoms with Crippen LogP contribution in [-0.4, -0.2) is 78.1 Å². The molecule has 4 heterocycles. The molecular weight excluding hydrogens is 483 g/mol. The van der Waals surface area contributed by atoms with Gasteiger partial charge in [0.25, 0.3) is 5.91 Å². The Morgan fingerprint density at radius 2 is 2.11 bits per heavy atom. The van der Waals surface area contributed by atoms with E-state index in [0.717, 1.165) is 0 Å². The number of ether oxygens (including phenoxy) is 1. The topological polar surface area (TPSA) is 146 Å². The minimum absolute atomic E-state index is 0.0103. The number of carbonyl (C=O) groups is 2. The van der Waals surface area contributed by atoms with E-state index in [0.29, 0.717) is 44.0 Å². The molecule has 14 heteroatoms. The lowest BCUT2D eigenvalue weighted by molar-refractivity contribution is -0.146. The van der Waals surface area contributed by atoms with E-state index in [1.807, 2.05) is 4.90 Å². The van der Waals surface area contributed by atoms with E-state index in [9.17, 15) is 22.8 Å². The molecule has 2 bridgehead atoms. The zero-order valence-corrected chi connectivity index (χ0v) is 19.2. The maximum atomic E-state index is 13.3. The van der Waals surface area contributed by atoms with Gasteiger partial charge in [-0.1, -0.05) is 0 Å². The van der Waals surface area contributed by atoms with Crippen molar-refractivity contribution in [2.75, 3.05) is 48.0 Å². The number of urea groups is 1. The van der Waals surface area contributed by atoms with Crippen molar-refractivity contribution in [1.29, 1.82) is 0 Å². The summed E-state index contributed by atoms with van der Waals surface area (Å²) in [5, 5.41) is 13.8. The zero-order valence-electron chi connectivity index (χ0n) is 19.2. The van der Waals surface area contributed by atoms with Gasteiger partial charge in [-0.25, -0.2) is 14.8 Å². The minimum atomic E-state index is -4.65. The first kappa shape index (κ1) is 25.4. The summed E-state index contributed by atoms with van der Waals surface area (Å²) >= 11 is 0. The van der Waals surface area contributed by atoms with Crippen LogP contribution >= 0.6 is 0 Å².